The van der Waals surface area contributed by atoms with Crippen LogP contribution in [0.4, 0.5) is 14.5 Å². The molecule has 0 fully saturated rings. The van der Waals surface area contributed by atoms with Gasteiger partial charge in [-0.1, -0.05) is 20.8 Å². The summed E-state index contributed by atoms with van der Waals surface area (Å²) in [6.45, 7) is 5.23. The minimum Gasteiger partial charge on any atom is -0.366 e. The number of nitrogens with two attached hydrogens (primary N) is 2. The normalized spacial score (nSPS) is 12.9. The summed E-state index contributed by atoms with van der Waals surface area (Å²) < 4.78 is 26.9. The Morgan fingerprint density at radius 2 is 1.75 bits per heavy atom. The summed E-state index contributed by atoms with van der Waals surface area (Å²) in [5, 5.41) is 2.23. The van der Waals surface area contributed by atoms with Gasteiger partial charge in [0.05, 0.1) is 17.3 Å². The van der Waals surface area contributed by atoms with Crippen LogP contribution in [-0.4, -0.2) is 17.9 Å². The number of benzene rings is 1. The molecule has 0 saturated carbocycles. The Balaban J connectivity index is 3.07. The number of halogens is 2. The second-order valence-electron chi connectivity index (χ2n) is 5.51. The number of carbonyl (C=O) groups is 2. The molecule has 0 saturated heterocycles. The van der Waals surface area contributed by atoms with Crippen molar-refractivity contribution in [1.29, 1.82) is 0 Å². The van der Waals surface area contributed by atoms with Crippen molar-refractivity contribution >= 4 is 17.5 Å². The van der Waals surface area contributed by atoms with E-state index in [0.29, 0.717) is 6.07 Å². The zero-order valence-corrected chi connectivity index (χ0v) is 11.5. The average molecular weight is 285 g/mol. The molecule has 1 aromatic carbocycles. The third-order valence-electron chi connectivity index (χ3n) is 2.80. The van der Waals surface area contributed by atoms with Crippen molar-refractivity contribution in [3.63, 3.8) is 0 Å². The highest BCUT2D eigenvalue weighted by Gasteiger charge is 2.28. The fraction of sp³-hybridized carbons (Fsp3) is 0.385. The van der Waals surface area contributed by atoms with E-state index in [-0.39, 0.29) is 5.69 Å². The second kappa shape index (κ2) is 5.54. The zero-order valence-electron chi connectivity index (χ0n) is 11.5. The summed E-state index contributed by atoms with van der Waals surface area (Å²) in [6.07, 6.45) is 0. The molecule has 0 heterocycles. The Morgan fingerprint density at radius 3 is 2.20 bits per heavy atom. The van der Waals surface area contributed by atoms with Gasteiger partial charge < -0.3 is 16.8 Å². The molecule has 7 heteroatoms. The monoisotopic (exact) mass is 285 g/mol. The van der Waals surface area contributed by atoms with Crippen molar-refractivity contribution < 1.29 is 18.4 Å². The number of anilines is 1. The van der Waals surface area contributed by atoms with Gasteiger partial charge in [0.15, 0.2) is 0 Å². The van der Waals surface area contributed by atoms with E-state index in [4.69, 9.17) is 11.5 Å². The molecule has 20 heavy (non-hydrogen) atoms. The SMILES string of the molecule is CC(C)(C)C(N)C(=O)Nc1cc(C(N)=O)c(F)cc1F. The molecule has 0 bridgehead atoms. The first-order chi connectivity index (χ1) is 9.04. The molecule has 0 radical (unpaired) electrons. The van der Waals surface area contributed by atoms with Gasteiger partial charge in [-0.2, -0.15) is 0 Å². The van der Waals surface area contributed by atoms with E-state index in [1.54, 1.807) is 20.8 Å². The number of nitrogens with one attached hydrogen (secondary N) is 1. The van der Waals surface area contributed by atoms with Crippen LogP contribution in [0.5, 0.6) is 0 Å². The average Bonchev–Trinajstić information content (AvgIpc) is 2.29. The minimum atomic E-state index is -1.09. The summed E-state index contributed by atoms with van der Waals surface area (Å²) in [5.41, 5.74) is 9.29. The highest BCUT2D eigenvalue weighted by Crippen LogP contribution is 2.22. The molecule has 0 aliphatic rings. The van der Waals surface area contributed by atoms with Crippen molar-refractivity contribution in [3.05, 3.63) is 29.3 Å². The molecule has 5 N–H and O–H groups in total. The number of hydrogen-bond donors (Lipinski definition) is 3. The number of carbonyl (C=O) groups excluding carboxylic acids is 2. The van der Waals surface area contributed by atoms with Gasteiger partial charge >= 0.3 is 0 Å². The van der Waals surface area contributed by atoms with Crippen molar-refractivity contribution in [2.24, 2.45) is 16.9 Å². The van der Waals surface area contributed by atoms with Crippen LogP contribution in [0.1, 0.15) is 31.1 Å². The summed E-state index contributed by atoms with van der Waals surface area (Å²) >= 11 is 0. The standard InChI is InChI=1S/C13H17F2N3O2/c1-13(2,3)10(16)12(20)18-9-4-6(11(17)19)7(14)5-8(9)15/h4-5,10H,16H2,1-3H3,(H2,17,19)(H,18,20). The van der Waals surface area contributed by atoms with Crippen LogP contribution in [0, 0.1) is 17.0 Å². The number of rotatable bonds is 3. The molecule has 2 amide bonds. The maximum Gasteiger partial charge on any atom is 0.251 e. The summed E-state index contributed by atoms with van der Waals surface area (Å²) in [6, 6.07) is 0.433. The van der Waals surface area contributed by atoms with Crippen LogP contribution < -0.4 is 16.8 Å². The largest absolute Gasteiger partial charge is 0.366 e. The fourth-order valence-corrected chi connectivity index (χ4v) is 1.44. The van der Waals surface area contributed by atoms with Gasteiger partial charge in [0.1, 0.15) is 11.6 Å². The van der Waals surface area contributed by atoms with E-state index < -0.39 is 40.5 Å². The lowest BCUT2D eigenvalue weighted by atomic mass is 9.87. The second-order valence-corrected chi connectivity index (χ2v) is 5.51. The molecular formula is C13H17F2N3O2. The molecule has 1 rings (SSSR count). The Hall–Kier alpha value is -2.02. The highest BCUT2D eigenvalue weighted by molar-refractivity contribution is 5.98. The lowest BCUT2D eigenvalue weighted by Crippen LogP contribution is -2.45. The molecule has 0 spiro atoms. The van der Waals surface area contributed by atoms with Gasteiger partial charge in [-0.25, -0.2) is 8.78 Å². The number of amides is 2. The molecule has 1 atom stereocenters. The molecule has 0 aliphatic carbocycles. The smallest absolute Gasteiger partial charge is 0.251 e. The fourth-order valence-electron chi connectivity index (χ4n) is 1.44. The predicted octanol–water partition coefficient (Wildman–Crippen LogP) is 1.38. The first-order valence-corrected chi connectivity index (χ1v) is 5.89. The van der Waals surface area contributed by atoms with Gasteiger partial charge in [0.2, 0.25) is 5.91 Å². The number of primary amides is 1. The molecule has 110 valence electrons. The van der Waals surface area contributed by atoms with Crippen LogP contribution >= 0.6 is 0 Å². The lowest BCUT2D eigenvalue weighted by Gasteiger charge is -2.25. The molecule has 1 aromatic rings. The van der Waals surface area contributed by atoms with E-state index in [1.165, 1.54) is 0 Å². The van der Waals surface area contributed by atoms with E-state index >= 15 is 0 Å². The highest BCUT2D eigenvalue weighted by atomic mass is 19.1. The first kappa shape index (κ1) is 16.0. The summed E-state index contributed by atoms with van der Waals surface area (Å²) in [7, 11) is 0. The van der Waals surface area contributed by atoms with E-state index in [2.05, 4.69) is 5.32 Å². The van der Waals surface area contributed by atoms with E-state index in [0.717, 1.165) is 6.07 Å². The Kier molecular flexibility index (Phi) is 4.44. The van der Waals surface area contributed by atoms with Crippen LogP contribution in [0.25, 0.3) is 0 Å². The van der Waals surface area contributed by atoms with E-state index in [1.807, 2.05) is 0 Å². The third kappa shape index (κ3) is 3.51. The van der Waals surface area contributed by atoms with Gasteiger partial charge in [-0.3, -0.25) is 9.59 Å². The summed E-state index contributed by atoms with van der Waals surface area (Å²) in [5.74, 6) is -3.80. The number of hydrogen-bond acceptors (Lipinski definition) is 3. The Labute approximate surface area is 115 Å². The van der Waals surface area contributed by atoms with Crippen LogP contribution in [0.15, 0.2) is 12.1 Å². The van der Waals surface area contributed by atoms with Crippen molar-refractivity contribution in [1.82, 2.24) is 0 Å². The molecule has 1 unspecified atom stereocenters. The maximum atomic E-state index is 13.6. The molecule has 0 aliphatic heterocycles. The maximum absolute atomic E-state index is 13.6. The van der Waals surface area contributed by atoms with Crippen LogP contribution in [-0.2, 0) is 4.79 Å². The minimum absolute atomic E-state index is 0.343. The zero-order chi connectivity index (χ0) is 15.7. The summed E-state index contributed by atoms with van der Waals surface area (Å²) in [4.78, 5) is 22.9. The Bertz CT molecular complexity index is 553. The molecule has 5 nitrogen and oxygen atoms in total. The van der Waals surface area contributed by atoms with Crippen molar-refractivity contribution in [2.75, 3.05) is 5.32 Å². The van der Waals surface area contributed by atoms with Gasteiger partial charge in [-0.05, 0) is 11.5 Å². The van der Waals surface area contributed by atoms with Crippen molar-refractivity contribution in [2.45, 2.75) is 26.8 Å². The van der Waals surface area contributed by atoms with Crippen molar-refractivity contribution in [3.8, 4) is 0 Å². The predicted molar refractivity (Wildman–Crippen MR) is 70.9 cm³/mol. The molecule has 0 aromatic heterocycles. The first-order valence-electron chi connectivity index (χ1n) is 5.89. The Morgan fingerprint density at radius 1 is 1.20 bits per heavy atom. The van der Waals surface area contributed by atoms with E-state index in [9.17, 15) is 18.4 Å². The lowest BCUT2D eigenvalue weighted by molar-refractivity contribution is -0.119. The third-order valence-corrected chi connectivity index (χ3v) is 2.80. The topological polar surface area (TPSA) is 98.2 Å². The van der Waals surface area contributed by atoms with Gasteiger partial charge in [0.25, 0.3) is 5.91 Å². The van der Waals surface area contributed by atoms with Gasteiger partial charge in [0, 0.05) is 6.07 Å². The van der Waals surface area contributed by atoms with Gasteiger partial charge in [-0.15, -0.1) is 0 Å². The van der Waals surface area contributed by atoms with Crippen LogP contribution in [0.2, 0.25) is 0 Å². The van der Waals surface area contributed by atoms with Crippen LogP contribution in [0.3, 0.4) is 0 Å². The quantitative estimate of drug-likeness (QED) is 0.782. The molecular weight excluding hydrogens is 268 g/mol.